The Labute approximate surface area is 176 Å². The van der Waals surface area contributed by atoms with Crippen molar-refractivity contribution in [3.8, 4) is 11.3 Å². The Morgan fingerprint density at radius 1 is 1.13 bits per heavy atom. The summed E-state index contributed by atoms with van der Waals surface area (Å²) in [7, 11) is 0. The van der Waals surface area contributed by atoms with Gasteiger partial charge in [0.05, 0.1) is 11.6 Å². The predicted octanol–water partition coefficient (Wildman–Crippen LogP) is 3.64. The molecule has 160 valence electrons. The van der Waals surface area contributed by atoms with Crippen LogP contribution in [-0.4, -0.2) is 44.8 Å². The molecular formula is C21H19F3N6O. The normalized spacial score (nSPS) is 18.8. The number of alkyl halides is 3. The van der Waals surface area contributed by atoms with E-state index in [1.807, 2.05) is 13.0 Å². The molecular weight excluding hydrogens is 409 g/mol. The van der Waals surface area contributed by atoms with Gasteiger partial charge in [-0.25, -0.2) is 9.97 Å². The number of halogens is 3. The monoisotopic (exact) mass is 428 g/mol. The van der Waals surface area contributed by atoms with Crippen LogP contribution >= 0.6 is 0 Å². The minimum Gasteiger partial charge on any atom is -0.328 e. The van der Waals surface area contributed by atoms with E-state index in [1.165, 1.54) is 17.3 Å². The minimum atomic E-state index is -4.41. The summed E-state index contributed by atoms with van der Waals surface area (Å²) < 4.78 is 40.2. The van der Waals surface area contributed by atoms with Crippen LogP contribution in [0.15, 0.2) is 55.0 Å². The zero-order valence-corrected chi connectivity index (χ0v) is 16.5. The highest BCUT2D eigenvalue weighted by atomic mass is 19.4. The first kappa shape index (κ1) is 20.7. The number of amides is 1. The Bertz CT molecular complexity index is 1060. The van der Waals surface area contributed by atoms with E-state index in [9.17, 15) is 18.0 Å². The van der Waals surface area contributed by atoms with Crippen LogP contribution in [0.5, 0.6) is 0 Å². The third-order valence-electron chi connectivity index (χ3n) is 5.23. The van der Waals surface area contributed by atoms with Gasteiger partial charge in [0.15, 0.2) is 0 Å². The number of carbonyl (C=O) groups excluding carboxylic acids is 1. The van der Waals surface area contributed by atoms with E-state index < -0.39 is 24.0 Å². The summed E-state index contributed by atoms with van der Waals surface area (Å²) in [6.45, 7) is 1.53. The second-order valence-electron chi connectivity index (χ2n) is 7.32. The first-order valence-electron chi connectivity index (χ1n) is 9.63. The molecule has 2 aromatic heterocycles. The summed E-state index contributed by atoms with van der Waals surface area (Å²) in [6.07, 6.45) is -0.347. The van der Waals surface area contributed by atoms with Crippen molar-refractivity contribution in [1.29, 1.82) is 0 Å². The minimum absolute atomic E-state index is 0.0959. The quantitative estimate of drug-likeness (QED) is 0.683. The van der Waals surface area contributed by atoms with Crippen LogP contribution in [0.2, 0.25) is 0 Å². The van der Waals surface area contributed by atoms with Gasteiger partial charge in [0.2, 0.25) is 11.9 Å². The Morgan fingerprint density at radius 2 is 1.90 bits per heavy atom. The van der Waals surface area contributed by atoms with Gasteiger partial charge in [0, 0.05) is 36.4 Å². The lowest BCUT2D eigenvalue weighted by Crippen LogP contribution is -2.40. The molecule has 7 nitrogen and oxygen atoms in total. The molecule has 1 aliphatic heterocycles. The van der Waals surface area contributed by atoms with Crippen LogP contribution in [0.25, 0.3) is 11.3 Å². The van der Waals surface area contributed by atoms with Crippen molar-refractivity contribution in [1.82, 2.24) is 20.2 Å². The highest BCUT2D eigenvalue weighted by Gasteiger charge is 2.50. The second kappa shape index (κ2) is 8.29. The topological polar surface area (TPSA) is 83.9 Å². The number of carbonyl (C=O) groups is 1. The number of anilines is 2. The van der Waals surface area contributed by atoms with Crippen LogP contribution in [0, 0.1) is 12.8 Å². The SMILES string of the molecule is Cc1ccc(NC(=O)[C@@H]2C[C@H](C(F)(F)F)CN2c2ncccn2)cc1-c1cccnn1. The van der Waals surface area contributed by atoms with Gasteiger partial charge >= 0.3 is 6.18 Å². The van der Waals surface area contributed by atoms with E-state index in [4.69, 9.17) is 0 Å². The summed E-state index contributed by atoms with van der Waals surface area (Å²) >= 11 is 0. The fourth-order valence-corrected chi connectivity index (χ4v) is 3.63. The molecule has 1 N–H and O–H groups in total. The van der Waals surface area contributed by atoms with Crippen molar-refractivity contribution in [2.24, 2.45) is 5.92 Å². The highest BCUT2D eigenvalue weighted by Crippen LogP contribution is 2.38. The van der Waals surface area contributed by atoms with Crippen LogP contribution in [0.4, 0.5) is 24.8 Å². The molecule has 0 radical (unpaired) electrons. The molecule has 0 unspecified atom stereocenters. The molecule has 1 aliphatic rings. The van der Waals surface area contributed by atoms with E-state index in [1.54, 1.807) is 36.5 Å². The maximum atomic E-state index is 13.4. The summed E-state index contributed by atoms with van der Waals surface area (Å²) in [5.41, 5.74) is 2.79. The molecule has 0 spiro atoms. The molecule has 3 heterocycles. The predicted molar refractivity (Wildman–Crippen MR) is 108 cm³/mol. The maximum absolute atomic E-state index is 13.4. The Morgan fingerprint density at radius 3 is 2.58 bits per heavy atom. The average Bonchev–Trinajstić information content (AvgIpc) is 3.23. The van der Waals surface area contributed by atoms with Gasteiger partial charge in [0.25, 0.3) is 0 Å². The molecule has 4 rings (SSSR count). The lowest BCUT2D eigenvalue weighted by atomic mass is 10.0. The van der Waals surface area contributed by atoms with Gasteiger partial charge in [-0.05, 0) is 49.2 Å². The molecule has 1 fully saturated rings. The van der Waals surface area contributed by atoms with E-state index in [0.717, 1.165) is 11.1 Å². The highest BCUT2D eigenvalue weighted by molar-refractivity contribution is 5.97. The third kappa shape index (κ3) is 4.47. The first-order valence-corrected chi connectivity index (χ1v) is 9.63. The van der Waals surface area contributed by atoms with Gasteiger partial charge in [-0.1, -0.05) is 6.07 Å². The van der Waals surface area contributed by atoms with Crippen LogP contribution in [-0.2, 0) is 4.79 Å². The Balaban J connectivity index is 1.59. The van der Waals surface area contributed by atoms with Gasteiger partial charge in [-0.2, -0.15) is 23.4 Å². The molecule has 1 aromatic carbocycles. The summed E-state index contributed by atoms with van der Waals surface area (Å²) in [5, 5.41) is 10.7. The zero-order valence-electron chi connectivity index (χ0n) is 16.5. The molecule has 0 aliphatic carbocycles. The molecule has 10 heteroatoms. The van der Waals surface area contributed by atoms with E-state index in [-0.39, 0.29) is 18.9 Å². The number of aromatic nitrogens is 4. The van der Waals surface area contributed by atoms with Crippen LogP contribution in [0.1, 0.15) is 12.0 Å². The third-order valence-corrected chi connectivity index (χ3v) is 5.23. The number of aryl methyl sites for hydroxylation is 1. The molecule has 1 saturated heterocycles. The number of hydrogen-bond donors (Lipinski definition) is 1. The smallest absolute Gasteiger partial charge is 0.328 e. The van der Waals surface area contributed by atoms with Crippen LogP contribution in [0.3, 0.4) is 0 Å². The Hall–Kier alpha value is -3.56. The van der Waals surface area contributed by atoms with Crippen molar-refractivity contribution in [3.05, 3.63) is 60.6 Å². The number of rotatable bonds is 4. The number of nitrogens with zero attached hydrogens (tertiary/aromatic N) is 5. The van der Waals surface area contributed by atoms with Gasteiger partial charge in [-0.3, -0.25) is 4.79 Å². The van der Waals surface area contributed by atoms with Crippen molar-refractivity contribution < 1.29 is 18.0 Å². The van der Waals surface area contributed by atoms with Crippen molar-refractivity contribution in [2.75, 3.05) is 16.8 Å². The largest absolute Gasteiger partial charge is 0.393 e. The molecule has 2 atom stereocenters. The Kier molecular flexibility index (Phi) is 5.53. The number of benzene rings is 1. The summed E-state index contributed by atoms with van der Waals surface area (Å²) in [4.78, 5) is 22.4. The van der Waals surface area contributed by atoms with Gasteiger partial charge in [0.1, 0.15) is 6.04 Å². The van der Waals surface area contributed by atoms with Crippen molar-refractivity contribution in [2.45, 2.75) is 25.6 Å². The average molecular weight is 428 g/mol. The molecule has 0 bridgehead atoms. The number of nitrogens with one attached hydrogen (secondary N) is 1. The molecule has 0 saturated carbocycles. The van der Waals surface area contributed by atoms with E-state index in [2.05, 4.69) is 25.5 Å². The van der Waals surface area contributed by atoms with E-state index in [0.29, 0.717) is 11.4 Å². The maximum Gasteiger partial charge on any atom is 0.393 e. The van der Waals surface area contributed by atoms with Crippen LogP contribution < -0.4 is 10.2 Å². The van der Waals surface area contributed by atoms with Gasteiger partial charge in [-0.15, -0.1) is 0 Å². The molecule has 31 heavy (non-hydrogen) atoms. The van der Waals surface area contributed by atoms with Crippen molar-refractivity contribution >= 4 is 17.5 Å². The lowest BCUT2D eigenvalue weighted by molar-refractivity contribution is -0.168. The molecule has 1 amide bonds. The molecule has 3 aromatic rings. The zero-order chi connectivity index (χ0) is 22.0. The number of hydrogen-bond acceptors (Lipinski definition) is 6. The second-order valence-corrected chi connectivity index (χ2v) is 7.32. The summed E-state index contributed by atoms with van der Waals surface area (Å²) in [5.74, 6) is -2.09. The van der Waals surface area contributed by atoms with Crippen molar-refractivity contribution in [3.63, 3.8) is 0 Å². The fourth-order valence-electron chi connectivity index (χ4n) is 3.63. The van der Waals surface area contributed by atoms with Gasteiger partial charge < -0.3 is 10.2 Å². The lowest BCUT2D eigenvalue weighted by Gasteiger charge is -2.23. The summed E-state index contributed by atoms with van der Waals surface area (Å²) in [6, 6.07) is 9.31. The fraction of sp³-hybridized carbons (Fsp3) is 0.286. The van der Waals surface area contributed by atoms with E-state index >= 15 is 0 Å². The first-order chi connectivity index (χ1) is 14.8. The standard InChI is InChI=1S/C21H19F3N6O/c1-13-5-6-15(11-16(13)17-4-2-9-27-29-17)28-19(31)18-10-14(21(22,23)24)12-30(18)20-25-7-3-8-26-20/h2-9,11,14,18H,10,12H2,1H3,(H,28,31)/t14-,18-/m0/s1.